The van der Waals surface area contributed by atoms with E-state index in [4.69, 9.17) is 5.11 Å². The van der Waals surface area contributed by atoms with Gasteiger partial charge in [-0.15, -0.1) is 0 Å². The van der Waals surface area contributed by atoms with Crippen LogP contribution in [0.1, 0.15) is 6.42 Å². The molecule has 1 aliphatic rings. The zero-order chi connectivity index (χ0) is 6.69. The Morgan fingerprint density at radius 1 is 1.60 bits per heavy atom. The Labute approximate surface area is 73.2 Å². The monoisotopic (exact) mass is 314 g/mol. The third-order valence-corrected chi connectivity index (χ3v) is 1.32. The minimum atomic E-state index is -0.764. The number of nitrogens with one attached hydrogen (secondary N) is 1. The van der Waals surface area contributed by atoms with E-state index in [9.17, 15) is 4.79 Å². The Bertz CT molecular complexity index is 147. The van der Waals surface area contributed by atoms with Crippen molar-refractivity contribution in [2.45, 2.75) is 12.5 Å². The molecular weight excluding hydrogens is 304 g/mol. The van der Waals surface area contributed by atoms with Gasteiger partial charge in [0, 0.05) is 27.0 Å². The van der Waals surface area contributed by atoms with Gasteiger partial charge in [-0.05, 0) is 6.42 Å². The van der Waals surface area contributed by atoms with Gasteiger partial charge in [-0.25, -0.2) is 0 Å². The first-order chi connectivity index (χ1) is 4.30. The van der Waals surface area contributed by atoms with Crippen LogP contribution in [0, 0.1) is 0 Å². The van der Waals surface area contributed by atoms with Crippen molar-refractivity contribution < 1.29 is 30.3 Å². The number of hydrogen-bond donors (Lipinski definition) is 2. The SMILES string of the molecule is O=C(O)C1CC=CCN1.[Re]. The Kier molecular flexibility index (Phi) is 4.54. The molecule has 2 N–H and O–H groups in total. The molecule has 1 aliphatic heterocycles. The van der Waals surface area contributed by atoms with Crippen molar-refractivity contribution in [1.82, 2.24) is 5.32 Å². The third-order valence-electron chi connectivity index (χ3n) is 1.32. The number of carboxylic acid groups (broad SMARTS) is 1. The number of aliphatic carboxylic acids is 1. The van der Waals surface area contributed by atoms with E-state index in [0.717, 1.165) is 0 Å². The van der Waals surface area contributed by atoms with Crippen LogP contribution in [0.15, 0.2) is 12.2 Å². The first-order valence-electron chi connectivity index (χ1n) is 2.92. The Morgan fingerprint density at radius 3 is 2.60 bits per heavy atom. The summed E-state index contributed by atoms with van der Waals surface area (Å²) in [5.41, 5.74) is 0. The van der Waals surface area contributed by atoms with Gasteiger partial charge in [0.15, 0.2) is 0 Å². The fourth-order valence-corrected chi connectivity index (χ4v) is 0.797. The second-order valence-corrected chi connectivity index (χ2v) is 2.01. The summed E-state index contributed by atoms with van der Waals surface area (Å²) in [4.78, 5) is 10.3. The molecule has 1 radical (unpaired) electrons. The maximum atomic E-state index is 10.3. The molecule has 1 atom stereocenters. The molecule has 10 heavy (non-hydrogen) atoms. The van der Waals surface area contributed by atoms with E-state index in [1.807, 2.05) is 12.2 Å². The average Bonchev–Trinajstić information content (AvgIpc) is 1.90. The average molecular weight is 313 g/mol. The van der Waals surface area contributed by atoms with Crippen molar-refractivity contribution in [3.63, 3.8) is 0 Å². The second kappa shape index (κ2) is 4.62. The zero-order valence-electron chi connectivity index (χ0n) is 5.38. The number of carbonyl (C=O) groups is 1. The summed E-state index contributed by atoms with van der Waals surface area (Å²) in [5.74, 6) is -0.764. The van der Waals surface area contributed by atoms with Gasteiger partial charge < -0.3 is 10.4 Å². The van der Waals surface area contributed by atoms with Gasteiger partial charge in [-0.3, -0.25) is 4.79 Å². The van der Waals surface area contributed by atoms with E-state index in [0.29, 0.717) is 13.0 Å². The molecule has 0 aromatic rings. The molecule has 0 spiro atoms. The van der Waals surface area contributed by atoms with E-state index in [1.165, 1.54) is 0 Å². The van der Waals surface area contributed by atoms with Crippen molar-refractivity contribution in [1.29, 1.82) is 0 Å². The summed E-state index contributed by atoms with van der Waals surface area (Å²) in [6.07, 6.45) is 4.42. The first-order valence-corrected chi connectivity index (χ1v) is 2.92. The predicted octanol–water partition coefficient (Wildman–Crippen LogP) is -0.0134. The van der Waals surface area contributed by atoms with Crippen LogP contribution in [-0.4, -0.2) is 23.7 Å². The van der Waals surface area contributed by atoms with Crippen LogP contribution in [0.2, 0.25) is 0 Å². The number of rotatable bonds is 1. The van der Waals surface area contributed by atoms with Gasteiger partial charge in [0.1, 0.15) is 6.04 Å². The normalized spacial score (nSPS) is 23.4. The van der Waals surface area contributed by atoms with E-state index in [2.05, 4.69) is 5.32 Å². The zero-order valence-corrected chi connectivity index (χ0v) is 8.10. The van der Waals surface area contributed by atoms with Crippen molar-refractivity contribution >= 4 is 5.97 Å². The maximum Gasteiger partial charge on any atom is 0.321 e. The Hall–Kier alpha value is -0.168. The molecule has 1 unspecified atom stereocenters. The van der Waals surface area contributed by atoms with Crippen LogP contribution < -0.4 is 5.32 Å². The van der Waals surface area contributed by atoms with E-state index in [-0.39, 0.29) is 26.5 Å². The molecule has 3 nitrogen and oxygen atoms in total. The quantitative estimate of drug-likeness (QED) is 0.669. The van der Waals surface area contributed by atoms with Gasteiger partial charge in [-0.2, -0.15) is 0 Å². The van der Waals surface area contributed by atoms with Crippen LogP contribution in [0.5, 0.6) is 0 Å². The Morgan fingerprint density at radius 2 is 2.30 bits per heavy atom. The summed E-state index contributed by atoms with van der Waals surface area (Å²) >= 11 is 0. The molecule has 0 aromatic heterocycles. The van der Waals surface area contributed by atoms with E-state index >= 15 is 0 Å². The van der Waals surface area contributed by atoms with Crippen molar-refractivity contribution in [2.24, 2.45) is 0 Å². The number of carboxylic acids is 1. The molecule has 1 rings (SSSR count). The largest absolute Gasteiger partial charge is 0.480 e. The standard InChI is InChI=1S/C6H9NO2.Re/c8-6(9)5-3-1-2-4-7-5;/h1-2,5,7H,3-4H2,(H,8,9);. The molecule has 0 fully saturated rings. The smallest absolute Gasteiger partial charge is 0.321 e. The van der Waals surface area contributed by atoms with Crippen LogP contribution in [0.4, 0.5) is 0 Å². The molecular formula is C6H9NO2Re. The molecule has 0 saturated carbocycles. The molecule has 0 aliphatic carbocycles. The number of hydrogen-bond acceptors (Lipinski definition) is 2. The fourth-order valence-electron chi connectivity index (χ4n) is 0.797. The minimum absolute atomic E-state index is 0. The topological polar surface area (TPSA) is 49.3 Å². The van der Waals surface area contributed by atoms with Gasteiger partial charge in [-0.1, -0.05) is 12.2 Å². The first kappa shape index (κ1) is 9.83. The minimum Gasteiger partial charge on any atom is -0.480 e. The van der Waals surface area contributed by atoms with Gasteiger partial charge in [0.2, 0.25) is 0 Å². The van der Waals surface area contributed by atoms with Crippen LogP contribution in [0.25, 0.3) is 0 Å². The van der Waals surface area contributed by atoms with E-state index < -0.39 is 5.97 Å². The summed E-state index contributed by atoms with van der Waals surface area (Å²) in [5, 5.41) is 11.3. The van der Waals surface area contributed by atoms with Crippen LogP contribution in [0.3, 0.4) is 0 Å². The van der Waals surface area contributed by atoms with Crippen LogP contribution >= 0.6 is 0 Å². The third kappa shape index (κ3) is 2.61. The maximum absolute atomic E-state index is 10.3. The molecule has 1 heterocycles. The van der Waals surface area contributed by atoms with Crippen LogP contribution in [-0.2, 0) is 25.2 Å². The Balaban J connectivity index is 0.000000810. The molecule has 0 aromatic carbocycles. The molecule has 0 bridgehead atoms. The molecule has 0 saturated heterocycles. The van der Waals surface area contributed by atoms with Gasteiger partial charge in [0.25, 0.3) is 0 Å². The summed E-state index contributed by atoms with van der Waals surface area (Å²) in [6.45, 7) is 0.678. The fraction of sp³-hybridized carbons (Fsp3) is 0.500. The molecule has 57 valence electrons. The van der Waals surface area contributed by atoms with E-state index in [1.54, 1.807) is 0 Å². The summed E-state index contributed by atoms with van der Waals surface area (Å²) in [6, 6.07) is -0.366. The predicted molar refractivity (Wildman–Crippen MR) is 33.2 cm³/mol. The van der Waals surface area contributed by atoms with Gasteiger partial charge in [0.05, 0.1) is 0 Å². The summed E-state index contributed by atoms with van der Waals surface area (Å²) in [7, 11) is 0. The molecule has 0 amide bonds. The second-order valence-electron chi connectivity index (χ2n) is 2.01. The van der Waals surface area contributed by atoms with Crippen molar-refractivity contribution in [2.75, 3.05) is 6.54 Å². The molecule has 4 heteroatoms. The summed E-state index contributed by atoms with van der Waals surface area (Å²) < 4.78 is 0. The van der Waals surface area contributed by atoms with Crippen molar-refractivity contribution in [3.05, 3.63) is 12.2 Å². The van der Waals surface area contributed by atoms with Crippen molar-refractivity contribution in [3.8, 4) is 0 Å². The van der Waals surface area contributed by atoms with Gasteiger partial charge >= 0.3 is 5.97 Å².